The van der Waals surface area contributed by atoms with Gasteiger partial charge in [0, 0.05) is 11.4 Å². The van der Waals surface area contributed by atoms with Gasteiger partial charge in [0.05, 0.1) is 0 Å². The first-order chi connectivity index (χ1) is 10.1. The minimum Gasteiger partial charge on any atom is -0.374 e. The first kappa shape index (κ1) is 15.0. The number of benzene rings is 2. The summed E-state index contributed by atoms with van der Waals surface area (Å²) < 4.78 is 12.8. The summed E-state index contributed by atoms with van der Waals surface area (Å²) in [6.45, 7) is 3.88. The molecule has 0 radical (unpaired) electrons. The zero-order valence-electron chi connectivity index (χ0n) is 12.2. The molecule has 1 atom stereocenters. The summed E-state index contributed by atoms with van der Waals surface area (Å²) in [4.78, 5) is 12.1. The summed E-state index contributed by atoms with van der Waals surface area (Å²) >= 11 is 0. The highest BCUT2D eigenvalue weighted by Gasteiger charge is 2.12. The molecule has 0 unspecified atom stereocenters. The van der Waals surface area contributed by atoms with Gasteiger partial charge in [-0.2, -0.15) is 0 Å². The first-order valence-corrected chi connectivity index (χ1v) is 7.00. The fraction of sp³-hybridized carbons (Fsp3) is 0.235. The van der Waals surface area contributed by atoms with Crippen molar-refractivity contribution in [2.45, 2.75) is 26.3 Å². The van der Waals surface area contributed by atoms with Gasteiger partial charge in [-0.15, -0.1) is 0 Å². The third-order valence-corrected chi connectivity index (χ3v) is 3.25. The smallest absolute Gasteiger partial charge is 0.246 e. The Morgan fingerprint density at radius 1 is 1.05 bits per heavy atom. The van der Waals surface area contributed by atoms with Gasteiger partial charge >= 0.3 is 0 Å². The van der Waals surface area contributed by atoms with Crippen LogP contribution in [-0.2, 0) is 11.2 Å². The lowest BCUT2D eigenvalue weighted by atomic mass is 10.1. The largest absolute Gasteiger partial charge is 0.374 e. The number of nitrogens with one attached hydrogen (secondary N) is 2. The fourth-order valence-corrected chi connectivity index (χ4v) is 1.94. The average molecular weight is 286 g/mol. The quantitative estimate of drug-likeness (QED) is 0.877. The first-order valence-electron chi connectivity index (χ1n) is 7.00. The number of rotatable bonds is 5. The van der Waals surface area contributed by atoms with Gasteiger partial charge in [-0.05, 0) is 55.3 Å². The molecule has 0 saturated carbocycles. The second-order valence-electron chi connectivity index (χ2n) is 4.91. The summed E-state index contributed by atoms with van der Waals surface area (Å²) in [5.74, 6) is -0.489. The Kier molecular flexibility index (Phi) is 4.93. The van der Waals surface area contributed by atoms with Crippen LogP contribution in [0.2, 0.25) is 0 Å². The Bertz CT molecular complexity index is 593. The molecule has 0 fully saturated rings. The number of hydrogen-bond acceptors (Lipinski definition) is 2. The Morgan fingerprint density at radius 3 is 2.19 bits per heavy atom. The van der Waals surface area contributed by atoms with E-state index in [4.69, 9.17) is 0 Å². The molecule has 0 aliphatic rings. The van der Waals surface area contributed by atoms with Crippen LogP contribution in [-0.4, -0.2) is 11.9 Å². The lowest BCUT2D eigenvalue weighted by Crippen LogP contribution is -2.31. The molecule has 0 aliphatic heterocycles. The molecule has 3 nitrogen and oxygen atoms in total. The molecule has 110 valence electrons. The van der Waals surface area contributed by atoms with Crippen molar-refractivity contribution in [2.24, 2.45) is 0 Å². The molecule has 2 N–H and O–H groups in total. The number of anilines is 2. The maximum atomic E-state index is 12.8. The minimum atomic E-state index is -0.387. The summed E-state index contributed by atoms with van der Waals surface area (Å²) in [7, 11) is 0. The molecule has 1 amide bonds. The second kappa shape index (κ2) is 6.88. The standard InChI is InChI=1S/C17H19FN2O/c1-3-13-4-8-15(9-5-13)19-12(2)17(21)20-16-10-6-14(18)7-11-16/h4-12,19H,3H2,1-2H3,(H,20,21)/t12-/m1/s1. The van der Waals surface area contributed by atoms with Gasteiger partial charge in [-0.1, -0.05) is 19.1 Å². The van der Waals surface area contributed by atoms with Crippen molar-refractivity contribution in [3.8, 4) is 0 Å². The lowest BCUT2D eigenvalue weighted by Gasteiger charge is -2.15. The maximum absolute atomic E-state index is 12.8. The number of carbonyl (C=O) groups is 1. The third-order valence-electron chi connectivity index (χ3n) is 3.25. The molecule has 21 heavy (non-hydrogen) atoms. The SMILES string of the molecule is CCc1ccc(N[C@H](C)C(=O)Nc2ccc(F)cc2)cc1. The highest BCUT2D eigenvalue weighted by molar-refractivity contribution is 5.96. The molecule has 0 aliphatic carbocycles. The zero-order valence-corrected chi connectivity index (χ0v) is 12.2. The molecule has 0 spiro atoms. The number of carbonyl (C=O) groups excluding carboxylic acids is 1. The van der Waals surface area contributed by atoms with Crippen LogP contribution < -0.4 is 10.6 Å². The molecular formula is C17H19FN2O. The van der Waals surface area contributed by atoms with Crippen LogP contribution in [0.3, 0.4) is 0 Å². The van der Waals surface area contributed by atoms with E-state index in [2.05, 4.69) is 17.6 Å². The molecule has 0 bridgehead atoms. The van der Waals surface area contributed by atoms with Crippen LogP contribution in [0.4, 0.5) is 15.8 Å². The molecule has 0 saturated heterocycles. The molecule has 0 aromatic heterocycles. The van der Waals surface area contributed by atoms with Gasteiger partial charge in [-0.3, -0.25) is 4.79 Å². The van der Waals surface area contributed by atoms with E-state index in [-0.39, 0.29) is 17.8 Å². The van der Waals surface area contributed by atoms with Gasteiger partial charge in [0.2, 0.25) is 5.91 Å². The second-order valence-corrected chi connectivity index (χ2v) is 4.91. The molecule has 0 heterocycles. The van der Waals surface area contributed by atoms with Gasteiger partial charge in [0.1, 0.15) is 11.9 Å². The van der Waals surface area contributed by atoms with E-state index < -0.39 is 0 Å². The summed E-state index contributed by atoms with van der Waals surface area (Å²) in [5.41, 5.74) is 2.73. The number of aryl methyl sites for hydroxylation is 1. The molecule has 2 aromatic carbocycles. The van der Waals surface area contributed by atoms with E-state index in [0.29, 0.717) is 5.69 Å². The van der Waals surface area contributed by atoms with Crippen molar-refractivity contribution in [1.29, 1.82) is 0 Å². The van der Waals surface area contributed by atoms with Gasteiger partial charge < -0.3 is 10.6 Å². The van der Waals surface area contributed by atoms with Gasteiger partial charge in [0.25, 0.3) is 0 Å². The molecule has 2 aromatic rings. The van der Waals surface area contributed by atoms with E-state index in [1.165, 1.54) is 29.8 Å². The van der Waals surface area contributed by atoms with Crippen molar-refractivity contribution in [1.82, 2.24) is 0 Å². The predicted molar refractivity (Wildman–Crippen MR) is 83.9 cm³/mol. The van der Waals surface area contributed by atoms with E-state index in [1.54, 1.807) is 6.92 Å². The fourth-order valence-electron chi connectivity index (χ4n) is 1.94. The normalized spacial score (nSPS) is 11.8. The maximum Gasteiger partial charge on any atom is 0.246 e. The summed E-state index contributed by atoms with van der Waals surface area (Å²) in [6.07, 6.45) is 0.987. The van der Waals surface area contributed by atoms with Gasteiger partial charge in [-0.25, -0.2) is 4.39 Å². The van der Waals surface area contributed by atoms with E-state index in [1.807, 2.05) is 24.3 Å². The monoisotopic (exact) mass is 286 g/mol. The van der Waals surface area contributed by atoms with Crippen molar-refractivity contribution in [2.75, 3.05) is 10.6 Å². The minimum absolute atomic E-state index is 0.166. The van der Waals surface area contributed by atoms with Crippen LogP contribution in [0.25, 0.3) is 0 Å². The Labute approximate surface area is 124 Å². The highest BCUT2D eigenvalue weighted by Crippen LogP contribution is 2.13. The molecule has 4 heteroatoms. The van der Waals surface area contributed by atoms with E-state index in [9.17, 15) is 9.18 Å². The predicted octanol–water partition coefficient (Wildman–Crippen LogP) is 3.83. The van der Waals surface area contributed by atoms with Crippen LogP contribution in [0.1, 0.15) is 19.4 Å². The number of hydrogen-bond donors (Lipinski definition) is 2. The van der Waals surface area contributed by atoms with Crippen LogP contribution >= 0.6 is 0 Å². The van der Waals surface area contributed by atoms with E-state index >= 15 is 0 Å². The Hall–Kier alpha value is -2.36. The number of halogens is 1. The summed E-state index contributed by atoms with van der Waals surface area (Å²) in [6, 6.07) is 13.3. The van der Waals surface area contributed by atoms with Gasteiger partial charge in [0.15, 0.2) is 0 Å². The molecular weight excluding hydrogens is 267 g/mol. The third kappa shape index (κ3) is 4.31. The Morgan fingerprint density at radius 2 is 1.62 bits per heavy atom. The van der Waals surface area contributed by atoms with Crippen molar-refractivity contribution in [3.05, 3.63) is 59.9 Å². The van der Waals surface area contributed by atoms with E-state index in [0.717, 1.165) is 12.1 Å². The Balaban J connectivity index is 1.93. The lowest BCUT2D eigenvalue weighted by molar-refractivity contribution is -0.116. The topological polar surface area (TPSA) is 41.1 Å². The van der Waals surface area contributed by atoms with Crippen molar-refractivity contribution >= 4 is 17.3 Å². The van der Waals surface area contributed by atoms with Crippen molar-refractivity contribution in [3.63, 3.8) is 0 Å². The number of amides is 1. The van der Waals surface area contributed by atoms with Crippen molar-refractivity contribution < 1.29 is 9.18 Å². The van der Waals surface area contributed by atoms with Crippen LogP contribution in [0.5, 0.6) is 0 Å². The van der Waals surface area contributed by atoms with Crippen LogP contribution in [0, 0.1) is 5.82 Å². The molecule has 2 rings (SSSR count). The average Bonchev–Trinajstić information content (AvgIpc) is 2.50. The van der Waals surface area contributed by atoms with Crippen LogP contribution in [0.15, 0.2) is 48.5 Å². The summed E-state index contributed by atoms with van der Waals surface area (Å²) in [5, 5.41) is 5.88. The highest BCUT2D eigenvalue weighted by atomic mass is 19.1. The zero-order chi connectivity index (χ0) is 15.2.